The van der Waals surface area contributed by atoms with Gasteiger partial charge in [0.25, 0.3) is 11.8 Å². The van der Waals surface area contributed by atoms with E-state index in [9.17, 15) is 44.7 Å². The van der Waals surface area contributed by atoms with Crippen LogP contribution in [0.5, 0.6) is 0 Å². The van der Waals surface area contributed by atoms with Crippen LogP contribution >= 0.6 is 12.2 Å². The van der Waals surface area contributed by atoms with Crippen LogP contribution in [-0.4, -0.2) is 41.6 Å². The number of alkyl halides is 7. The Morgan fingerprint density at radius 1 is 1.03 bits per heavy atom. The van der Waals surface area contributed by atoms with Crippen LogP contribution in [-0.2, 0) is 10.7 Å². The molecule has 1 N–H and O–H groups in total. The highest BCUT2D eigenvalue weighted by Gasteiger charge is 2.74. The maximum atomic E-state index is 14.6. The van der Waals surface area contributed by atoms with Crippen molar-refractivity contribution in [1.82, 2.24) is 5.32 Å². The normalized spacial score (nSPS) is 16.1. The molecule has 1 aliphatic heterocycles. The Labute approximate surface area is 215 Å². The molecule has 0 aliphatic carbocycles. The summed E-state index contributed by atoms with van der Waals surface area (Å²) in [4.78, 5) is 26.7. The van der Waals surface area contributed by atoms with E-state index < -0.39 is 63.1 Å². The van der Waals surface area contributed by atoms with E-state index in [4.69, 9.17) is 17.5 Å². The number of thiocarbonyl (C=S) groups is 1. The van der Waals surface area contributed by atoms with Gasteiger partial charge in [0.15, 0.2) is 5.11 Å². The Balaban J connectivity index is 2.15. The van der Waals surface area contributed by atoms with Crippen molar-refractivity contribution in [3.63, 3.8) is 0 Å². The third-order valence-electron chi connectivity index (χ3n) is 5.82. The van der Waals surface area contributed by atoms with Gasteiger partial charge in [-0.25, -0.2) is 4.39 Å². The third kappa shape index (κ3) is 4.22. The molecule has 0 bridgehead atoms. The number of hydrogen-bond donors (Lipinski definition) is 1. The van der Waals surface area contributed by atoms with E-state index in [2.05, 4.69) is 5.32 Å². The minimum absolute atomic E-state index is 0.0520. The minimum Gasteiger partial charge on any atom is -0.355 e. The van der Waals surface area contributed by atoms with Crippen LogP contribution in [0, 0.1) is 17.1 Å². The van der Waals surface area contributed by atoms with Gasteiger partial charge in [-0.3, -0.25) is 14.5 Å². The lowest BCUT2D eigenvalue weighted by Crippen LogP contribution is -2.50. The summed E-state index contributed by atoms with van der Waals surface area (Å²) < 4.78 is 110. The van der Waals surface area contributed by atoms with E-state index >= 15 is 0 Å². The maximum Gasteiger partial charge on any atom is 0.460 e. The largest absolute Gasteiger partial charge is 0.460 e. The first-order chi connectivity index (χ1) is 17.3. The second kappa shape index (κ2) is 9.19. The van der Waals surface area contributed by atoms with Crippen molar-refractivity contribution in [2.24, 2.45) is 0 Å². The fourth-order valence-electron chi connectivity index (χ4n) is 3.79. The summed E-state index contributed by atoms with van der Waals surface area (Å²) in [5.41, 5.74) is -5.83. The number of carbonyl (C=O) groups excluding carboxylic acids is 2. The van der Waals surface area contributed by atoms with E-state index in [0.717, 1.165) is 29.2 Å². The smallest absolute Gasteiger partial charge is 0.355 e. The first-order valence-corrected chi connectivity index (χ1v) is 10.8. The lowest BCUT2D eigenvalue weighted by atomic mass is 9.95. The number of amides is 2. The highest BCUT2D eigenvalue weighted by Crippen LogP contribution is 2.53. The molecular weight excluding hydrogens is 548 g/mol. The summed E-state index contributed by atoms with van der Waals surface area (Å²) in [6.45, 7) is 2.62. The van der Waals surface area contributed by atoms with E-state index in [1.165, 1.54) is 27.0 Å². The molecule has 0 saturated carbocycles. The Morgan fingerprint density at radius 2 is 1.61 bits per heavy atom. The molecule has 0 aromatic heterocycles. The molecule has 0 unspecified atom stereocenters. The van der Waals surface area contributed by atoms with Crippen molar-refractivity contribution in [3.05, 3.63) is 58.9 Å². The molecule has 15 heteroatoms. The van der Waals surface area contributed by atoms with Crippen LogP contribution in [0.25, 0.3) is 0 Å². The van der Waals surface area contributed by atoms with E-state index in [1.54, 1.807) is 0 Å². The van der Waals surface area contributed by atoms with Gasteiger partial charge in [-0.15, -0.1) is 0 Å². The zero-order valence-corrected chi connectivity index (χ0v) is 20.4. The molecule has 1 heterocycles. The molecule has 1 aliphatic rings. The van der Waals surface area contributed by atoms with Crippen LogP contribution in [0.15, 0.2) is 36.4 Å². The Morgan fingerprint density at radius 3 is 2.11 bits per heavy atom. The number of anilines is 2. The first kappa shape index (κ1) is 28.8. The number of hydrogen-bond acceptors (Lipinski definition) is 4. The molecule has 2 aromatic carbocycles. The molecule has 1 fully saturated rings. The monoisotopic (exact) mass is 564 g/mol. The summed E-state index contributed by atoms with van der Waals surface area (Å²) in [5, 5.41) is 10.9. The van der Waals surface area contributed by atoms with Gasteiger partial charge in [-0.05, 0) is 62.5 Å². The summed E-state index contributed by atoms with van der Waals surface area (Å²) >= 11 is 5.28. The van der Waals surface area contributed by atoms with E-state index in [1.807, 2.05) is 0 Å². The molecule has 2 amide bonds. The number of nitrogens with zero attached hydrogens (tertiary/aromatic N) is 3. The van der Waals surface area contributed by atoms with Gasteiger partial charge in [0, 0.05) is 18.3 Å². The number of nitriles is 1. The van der Waals surface area contributed by atoms with Crippen molar-refractivity contribution in [2.75, 3.05) is 16.8 Å². The third-order valence-corrected chi connectivity index (χ3v) is 6.19. The number of nitrogens with one attached hydrogen (secondary N) is 1. The van der Waals surface area contributed by atoms with Crippen molar-refractivity contribution in [2.45, 2.75) is 37.4 Å². The molecule has 2 aromatic rings. The topological polar surface area (TPSA) is 76.4 Å². The van der Waals surface area contributed by atoms with E-state index in [-0.39, 0.29) is 17.3 Å². The first-order valence-electron chi connectivity index (χ1n) is 10.4. The number of carbonyl (C=O) groups is 2. The van der Waals surface area contributed by atoms with Gasteiger partial charge in [-0.2, -0.15) is 36.0 Å². The number of halogens is 8. The lowest BCUT2D eigenvalue weighted by Gasteiger charge is -2.30. The molecule has 0 spiro atoms. The molecular formula is C23H16F8N4O2S. The SMILES string of the molecule is CNC(=O)c1ccc(N2C(=S)N(c3ccc(C#N)c(C(F)(F)C(F)(F)C(F)(F)F)c3)C(=O)C2(C)C)cc1F. The van der Waals surface area contributed by atoms with Gasteiger partial charge >= 0.3 is 18.0 Å². The summed E-state index contributed by atoms with van der Waals surface area (Å²) in [7, 11) is 1.27. The predicted octanol–water partition coefficient (Wildman–Crippen LogP) is 5.26. The molecule has 6 nitrogen and oxygen atoms in total. The summed E-state index contributed by atoms with van der Waals surface area (Å²) in [6, 6.07) is 5.91. The lowest BCUT2D eigenvalue weighted by molar-refractivity contribution is -0.359. The Hall–Kier alpha value is -3.80. The zero-order valence-electron chi connectivity index (χ0n) is 19.6. The molecule has 3 rings (SSSR count). The second-order valence-corrected chi connectivity index (χ2v) is 8.91. The highest BCUT2D eigenvalue weighted by molar-refractivity contribution is 7.81. The standard InChI is InChI=1S/C23H16F8N4O2S/c1-20(2)18(37)34(19(38)35(20)13-6-7-14(16(24)9-13)17(36)33-3)12-5-4-11(10-32)15(8-12)21(25,26)22(27,28)23(29,30)31/h4-9H,1-3H3,(H,33,36). The van der Waals surface area contributed by atoms with Gasteiger partial charge in [0.2, 0.25) is 0 Å². The molecule has 0 radical (unpaired) electrons. The van der Waals surface area contributed by atoms with Crippen LogP contribution in [0.4, 0.5) is 46.5 Å². The maximum absolute atomic E-state index is 14.6. The van der Waals surface area contributed by atoms with Crippen molar-refractivity contribution < 1.29 is 44.7 Å². The average molecular weight is 564 g/mol. The van der Waals surface area contributed by atoms with Crippen LogP contribution in [0.1, 0.15) is 35.3 Å². The van der Waals surface area contributed by atoms with Gasteiger partial charge in [-0.1, -0.05) is 0 Å². The molecule has 202 valence electrons. The number of benzene rings is 2. The Bertz CT molecular complexity index is 1380. The minimum atomic E-state index is -6.66. The van der Waals surface area contributed by atoms with E-state index in [0.29, 0.717) is 11.0 Å². The molecule has 1 saturated heterocycles. The highest BCUT2D eigenvalue weighted by atomic mass is 32.1. The Kier molecular flexibility index (Phi) is 6.96. The molecule has 38 heavy (non-hydrogen) atoms. The van der Waals surface area contributed by atoms with Gasteiger partial charge in [0.05, 0.1) is 22.9 Å². The number of rotatable bonds is 5. The molecule has 0 atom stereocenters. The van der Waals surface area contributed by atoms with Crippen LogP contribution in [0.3, 0.4) is 0 Å². The zero-order chi connectivity index (χ0) is 29.0. The quantitative estimate of drug-likeness (QED) is 0.396. The van der Waals surface area contributed by atoms with Crippen molar-refractivity contribution in [3.8, 4) is 6.07 Å². The average Bonchev–Trinajstić information content (AvgIpc) is 3.00. The fourth-order valence-corrected chi connectivity index (χ4v) is 4.32. The van der Waals surface area contributed by atoms with Crippen LogP contribution in [0.2, 0.25) is 0 Å². The van der Waals surface area contributed by atoms with Crippen molar-refractivity contribution in [1.29, 1.82) is 5.26 Å². The van der Waals surface area contributed by atoms with Crippen molar-refractivity contribution >= 4 is 40.5 Å². The summed E-state index contributed by atoms with van der Waals surface area (Å²) in [5.74, 6) is -15.1. The van der Waals surface area contributed by atoms with Gasteiger partial charge in [0.1, 0.15) is 11.4 Å². The predicted molar refractivity (Wildman–Crippen MR) is 122 cm³/mol. The second-order valence-electron chi connectivity index (χ2n) is 8.55. The fraction of sp³-hybridized carbons (Fsp3) is 0.304. The van der Waals surface area contributed by atoms with Gasteiger partial charge < -0.3 is 10.2 Å². The summed E-state index contributed by atoms with van der Waals surface area (Å²) in [6.07, 6.45) is -6.66. The van der Waals surface area contributed by atoms with Crippen LogP contribution < -0.4 is 15.1 Å².